The predicted molar refractivity (Wildman–Crippen MR) is 114 cm³/mol. The second-order valence-corrected chi connectivity index (χ2v) is 7.65. The molecule has 144 valence electrons. The Hall–Kier alpha value is -3.31. The van der Waals surface area contributed by atoms with Crippen molar-refractivity contribution < 1.29 is 4.79 Å². The first-order chi connectivity index (χ1) is 14.2. The summed E-state index contributed by atoms with van der Waals surface area (Å²) < 4.78 is 1.80. The number of aryl methyl sites for hydroxylation is 1. The van der Waals surface area contributed by atoms with E-state index in [4.69, 9.17) is 0 Å². The van der Waals surface area contributed by atoms with Crippen molar-refractivity contribution in [3.63, 3.8) is 0 Å². The number of ketones is 1. The van der Waals surface area contributed by atoms with E-state index in [1.165, 1.54) is 11.1 Å². The minimum Gasteiger partial charge on any atom is -0.312 e. The molecule has 0 aliphatic carbocycles. The number of fused-ring (bicyclic) bond motifs is 2. The normalized spacial score (nSPS) is 13.4. The molecule has 1 N–H and O–H groups in total. The van der Waals surface area contributed by atoms with Gasteiger partial charge in [-0.2, -0.15) is 5.10 Å². The van der Waals surface area contributed by atoms with E-state index in [0.717, 1.165) is 52.7 Å². The number of nitrogens with zero attached hydrogens (tertiary/aromatic N) is 3. The third kappa shape index (κ3) is 3.57. The van der Waals surface area contributed by atoms with Gasteiger partial charge in [-0.3, -0.25) is 14.5 Å². The van der Waals surface area contributed by atoms with Gasteiger partial charge in [-0.15, -0.1) is 0 Å². The fourth-order valence-corrected chi connectivity index (χ4v) is 3.95. The number of hydrogen-bond donors (Lipinski definition) is 1. The maximum atomic E-state index is 12.9. The molecule has 0 saturated carbocycles. The highest BCUT2D eigenvalue weighted by Crippen LogP contribution is 2.25. The number of carbonyl (C=O) groups is 1. The van der Waals surface area contributed by atoms with Gasteiger partial charge in [-0.05, 0) is 53.2 Å². The molecule has 0 spiro atoms. The van der Waals surface area contributed by atoms with Gasteiger partial charge in [0.05, 0.1) is 12.6 Å². The Labute approximate surface area is 169 Å². The molecule has 5 nitrogen and oxygen atoms in total. The second-order valence-electron chi connectivity index (χ2n) is 7.65. The van der Waals surface area contributed by atoms with Crippen molar-refractivity contribution in [3.05, 3.63) is 83.4 Å². The van der Waals surface area contributed by atoms with Gasteiger partial charge in [0.1, 0.15) is 0 Å². The third-order valence-corrected chi connectivity index (χ3v) is 5.57. The van der Waals surface area contributed by atoms with Gasteiger partial charge in [-0.25, -0.2) is 0 Å². The van der Waals surface area contributed by atoms with Gasteiger partial charge in [0.15, 0.2) is 5.78 Å². The number of carbonyl (C=O) groups excluding carboxylic acids is 1. The van der Waals surface area contributed by atoms with Crippen LogP contribution in [-0.4, -0.2) is 27.1 Å². The molecule has 0 fully saturated rings. The summed E-state index contributed by atoms with van der Waals surface area (Å²) in [5, 5.41) is 9.76. The number of aromatic nitrogens is 3. The van der Waals surface area contributed by atoms with Crippen LogP contribution in [0.25, 0.3) is 21.9 Å². The Balaban J connectivity index is 1.42. The van der Waals surface area contributed by atoms with Crippen LogP contribution in [0.5, 0.6) is 0 Å². The van der Waals surface area contributed by atoms with Crippen molar-refractivity contribution in [1.29, 1.82) is 0 Å². The van der Waals surface area contributed by atoms with Crippen LogP contribution in [-0.2, 0) is 26.4 Å². The SMILES string of the molecule is Cn1cc(-c2ccc3cnc(CC(=O)c4ccc5c(c4)CCNC5)cc3c2)cn1. The Morgan fingerprint density at radius 1 is 1.03 bits per heavy atom. The molecule has 29 heavy (non-hydrogen) atoms. The highest BCUT2D eigenvalue weighted by Gasteiger charge is 2.14. The fraction of sp³-hybridized carbons (Fsp3) is 0.208. The van der Waals surface area contributed by atoms with Crippen LogP contribution in [0, 0.1) is 0 Å². The highest BCUT2D eigenvalue weighted by atomic mass is 16.1. The molecule has 0 atom stereocenters. The van der Waals surface area contributed by atoms with Gasteiger partial charge >= 0.3 is 0 Å². The lowest BCUT2D eigenvalue weighted by atomic mass is 9.95. The Morgan fingerprint density at radius 3 is 2.83 bits per heavy atom. The van der Waals surface area contributed by atoms with Gasteiger partial charge in [0.2, 0.25) is 0 Å². The zero-order chi connectivity index (χ0) is 19.8. The van der Waals surface area contributed by atoms with E-state index >= 15 is 0 Å². The summed E-state index contributed by atoms with van der Waals surface area (Å²) in [5.74, 6) is 0.113. The molecule has 4 aromatic rings. The number of nitrogens with one attached hydrogen (secondary N) is 1. The molecule has 2 aromatic heterocycles. The van der Waals surface area contributed by atoms with Crippen molar-refractivity contribution >= 4 is 16.6 Å². The lowest BCUT2D eigenvalue weighted by Crippen LogP contribution is -2.23. The molecule has 0 unspecified atom stereocenters. The maximum absolute atomic E-state index is 12.9. The Kier molecular flexibility index (Phi) is 4.45. The van der Waals surface area contributed by atoms with E-state index in [2.05, 4.69) is 45.7 Å². The first-order valence-electron chi connectivity index (χ1n) is 9.89. The predicted octanol–water partition coefficient (Wildman–Crippen LogP) is 3.71. The quantitative estimate of drug-likeness (QED) is 0.547. The summed E-state index contributed by atoms with van der Waals surface area (Å²) in [6.07, 6.45) is 6.99. The van der Waals surface area contributed by atoms with Crippen LogP contribution in [0.1, 0.15) is 27.2 Å². The number of benzene rings is 2. The lowest BCUT2D eigenvalue weighted by Gasteiger charge is -2.17. The fourth-order valence-electron chi connectivity index (χ4n) is 3.95. The molecular weight excluding hydrogens is 360 g/mol. The molecule has 1 aliphatic rings. The summed E-state index contributed by atoms with van der Waals surface area (Å²) in [6.45, 7) is 1.85. The first-order valence-corrected chi connectivity index (χ1v) is 9.89. The number of Topliss-reactive ketones (excluding diaryl/α,β-unsaturated/α-hetero) is 1. The Morgan fingerprint density at radius 2 is 1.97 bits per heavy atom. The van der Waals surface area contributed by atoms with Gasteiger partial charge in [-0.1, -0.05) is 24.3 Å². The van der Waals surface area contributed by atoms with E-state index in [1.807, 2.05) is 37.8 Å². The van der Waals surface area contributed by atoms with E-state index in [9.17, 15) is 4.79 Å². The zero-order valence-electron chi connectivity index (χ0n) is 16.4. The summed E-state index contributed by atoms with van der Waals surface area (Å²) in [5.41, 5.74) is 6.33. The van der Waals surface area contributed by atoms with Gasteiger partial charge < -0.3 is 5.32 Å². The van der Waals surface area contributed by atoms with Crippen LogP contribution in [0.15, 0.2) is 61.1 Å². The Bertz CT molecular complexity index is 1220. The maximum Gasteiger partial charge on any atom is 0.168 e. The molecule has 5 heteroatoms. The summed E-state index contributed by atoms with van der Waals surface area (Å²) >= 11 is 0. The molecule has 0 radical (unpaired) electrons. The molecule has 2 aromatic carbocycles. The van der Waals surface area contributed by atoms with Gasteiger partial charge in [0.25, 0.3) is 0 Å². The van der Waals surface area contributed by atoms with Crippen LogP contribution < -0.4 is 5.32 Å². The number of hydrogen-bond acceptors (Lipinski definition) is 4. The summed E-state index contributed by atoms with van der Waals surface area (Å²) in [7, 11) is 1.91. The van der Waals surface area contributed by atoms with Crippen LogP contribution in [0.4, 0.5) is 0 Å². The summed E-state index contributed by atoms with van der Waals surface area (Å²) in [4.78, 5) is 17.4. The molecule has 1 aliphatic heterocycles. The van der Waals surface area contributed by atoms with E-state index in [0.29, 0.717) is 6.42 Å². The van der Waals surface area contributed by atoms with E-state index in [-0.39, 0.29) is 5.78 Å². The molecular formula is C24H22N4O. The van der Waals surface area contributed by atoms with E-state index in [1.54, 1.807) is 4.68 Å². The second kappa shape index (κ2) is 7.26. The average molecular weight is 382 g/mol. The third-order valence-electron chi connectivity index (χ3n) is 5.57. The van der Waals surface area contributed by atoms with Crippen molar-refractivity contribution in [2.24, 2.45) is 7.05 Å². The number of rotatable bonds is 4. The largest absolute Gasteiger partial charge is 0.312 e. The van der Waals surface area contributed by atoms with Crippen molar-refractivity contribution in [2.75, 3.05) is 6.54 Å². The molecule has 0 amide bonds. The lowest BCUT2D eigenvalue weighted by molar-refractivity contribution is 0.0992. The van der Waals surface area contributed by atoms with Crippen molar-refractivity contribution in [1.82, 2.24) is 20.1 Å². The topological polar surface area (TPSA) is 59.8 Å². The molecule has 5 rings (SSSR count). The molecule has 3 heterocycles. The highest BCUT2D eigenvalue weighted by molar-refractivity contribution is 5.98. The van der Waals surface area contributed by atoms with Crippen LogP contribution >= 0.6 is 0 Å². The molecule has 0 saturated heterocycles. The van der Waals surface area contributed by atoms with Crippen molar-refractivity contribution in [2.45, 2.75) is 19.4 Å². The minimum absolute atomic E-state index is 0.113. The summed E-state index contributed by atoms with van der Waals surface area (Å²) in [6, 6.07) is 14.4. The first kappa shape index (κ1) is 17.8. The van der Waals surface area contributed by atoms with Crippen molar-refractivity contribution in [3.8, 4) is 11.1 Å². The smallest absolute Gasteiger partial charge is 0.168 e. The number of pyridine rings is 1. The zero-order valence-corrected chi connectivity index (χ0v) is 16.4. The van der Waals surface area contributed by atoms with Crippen LogP contribution in [0.3, 0.4) is 0 Å². The van der Waals surface area contributed by atoms with Crippen LogP contribution in [0.2, 0.25) is 0 Å². The standard InChI is InChI=1S/C24H22N4O/c1-28-15-22(14-27-28)16-2-4-20-13-26-23(10-21(20)9-16)11-24(29)18-3-5-19-12-25-7-6-17(19)8-18/h2-5,8-10,13-15,25H,6-7,11-12H2,1H3. The molecule has 0 bridgehead atoms. The monoisotopic (exact) mass is 382 g/mol. The average Bonchev–Trinajstić information content (AvgIpc) is 3.19. The minimum atomic E-state index is 0.113. The van der Waals surface area contributed by atoms with Gasteiger partial charge in [0, 0.05) is 48.2 Å². The van der Waals surface area contributed by atoms with E-state index < -0.39 is 0 Å².